The van der Waals surface area contributed by atoms with Gasteiger partial charge in [-0.2, -0.15) is 4.99 Å². The molecular weight excluding hydrogens is 542 g/mol. The van der Waals surface area contributed by atoms with Crippen LogP contribution in [0.2, 0.25) is 5.02 Å². The van der Waals surface area contributed by atoms with Gasteiger partial charge in [-0.3, -0.25) is 9.52 Å². The summed E-state index contributed by atoms with van der Waals surface area (Å²) in [6.07, 6.45) is 6.60. The van der Waals surface area contributed by atoms with E-state index in [9.17, 15) is 21.6 Å². The number of carbonyl (C=O) groups is 1. The van der Waals surface area contributed by atoms with Gasteiger partial charge in [0.2, 0.25) is 0 Å². The summed E-state index contributed by atoms with van der Waals surface area (Å²) >= 11 is 6.95. The van der Waals surface area contributed by atoms with Crippen molar-refractivity contribution in [3.63, 3.8) is 0 Å². The Balaban J connectivity index is 1.64. The number of aromatic nitrogens is 1. The highest BCUT2D eigenvalue weighted by Gasteiger charge is 2.15. The summed E-state index contributed by atoms with van der Waals surface area (Å²) in [5.74, 6) is 1.95. The Morgan fingerprint density at radius 2 is 1.67 bits per heavy atom. The molecule has 3 aromatic carbocycles. The van der Waals surface area contributed by atoms with Crippen molar-refractivity contribution >= 4 is 64.6 Å². The summed E-state index contributed by atoms with van der Waals surface area (Å²) in [6.45, 7) is 0.135. The number of benzene rings is 3. The zero-order chi connectivity index (χ0) is 26.1. The minimum atomic E-state index is -3.83. The number of carbonyl (C=O) groups excluding carboxylic acids is 1. The SMILES string of the molecule is C#CCn1c(=NC(=O)c2ccc(NS(=O)(=O)c3ccc(Cl)cc3)cc2)sc2cc(S(C)(=O)=O)ccc21. The lowest BCUT2D eigenvalue weighted by Gasteiger charge is -2.08. The van der Waals surface area contributed by atoms with Gasteiger partial charge in [0.1, 0.15) is 0 Å². The minimum absolute atomic E-state index is 0.0453. The number of anilines is 1. The van der Waals surface area contributed by atoms with E-state index in [0.717, 1.165) is 17.6 Å². The smallest absolute Gasteiger partial charge is 0.279 e. The summed E-state index contributed by atoms with van der Waals surface area (Å²) < 4.78 is 53.6. The second kappa shape index (κ2) is 9.91. The molecule has 1 heterocycles. The summed E-state index contributed by atoms with van der Waals surface area (Å²) in [6, 6.07) is 16.2. The van der Waals surface area contributed by atoms with Gasteiger partial charge in [-0.05, 0) is 66.7 Å². The van der Waals surface area contributed by atoms with Gasteiger partial charge in [-0.25, -0.2) is 16.8 Å². The molecule has 4 rings (SSSR count). The number of fused-ring (bicyclic) bond motifs is 1. The van der Waals surface area contributed by atoms with Crippen LogP contribution in [0, 0.1) is 12.3 Å². The molecule has 0 fully saturated rings. The average Bonchev–Trinajstić information content (AvgIpc) is 3.15. The predicted octanol–water partition coefficient (Wildman–Crippen LogP) is 3.93. The predicted molar refractivity (Wildman–Crippen MR) is 140 cm³/mol. The van der Waals surface area contributed by atoms with Crippen LogP contribution >= 0.6 is 22.9 Å². The molecule has 0 atom stereocenters. The molecule has 4 aromatic rings. The van der Waals surface area contributed by atoms with Gasteiger partial charge in [0.05, 0.1) is 26.6 Å². The number of amides is 1. The van der Waals surface area contributed by atoms with Gasteiger partial charge in [0.25, 0.3) is 15.9 Å². The summed E-state index contributed by atoms with van der Waals surface area (Å²) in [7, 11) is -7.24. The zero-order valence-corrected chi connectivity index (χ0v) is 21.9. The second-order valence-electron chi connectivity index (χ2n) is 7.63. The molecule has 0 spiro atoms. The summed E-state index contributed by atoms with van der Waals surface area (Å²) in [4.78, 5) is 17.5. The monoisotopic (exact) mass is 559 g/mol. The van der Waals surface area contributed by atoms with Gasteiger partial charge >= 0.3 is 0 Å². The summed E-state index contributed by atoms with van der Waals surface area (Å²) in [5.41, 5.74) is 1.15. The van der Waals surface area contributed by atoms with Gasteiger partial charge in [0, 0.05) is 22.5 Å². The molecule has 0 aliphatic rings. The standard InChI is InChI=1S/C24H18ClN3O5S3/c1-3-14-28-21-13-12-20(35(2,30)31)15-22(21)34-24(28)26-23(29)16-4-8-18(9-5-16)27-36(32,33)19-10-6-17(25)7-11-19/h1,4-13,15,27H,14H2,2H3. The first-order valence-electron chi connectivity index (χ1n) is 10.2. The lowest BCUT2D eigenvalue weighted by molar-refractivity contribution is 0.0998. The highest BCUT2D eigenvalue weighted by Crippen LogP contribution is 2.22. The van der Waals surface area contributed by atoms with E-state index in [1.807, 2.05) is 0 Å². The van der Waals surface area contributed by atoms with Crippen molar-refractivity contribution in [2.45, 2.75) is 16.3 Å². The number of nitrogens with one attached hydrogen (secondary N) is 1. The first-order valence-corrected chi connectivity index (χ1v) is 14.8. The third-order valence-corrected chi connectivity index (χ3v) is 8.84. The topological polar surface area (TPSA) is 115 Å². The van der Waals surface area contributed by atoms with E-state index in [2.05, 4.69) is 15.6 Å². The van der Waals surface area contributed by atoms with E-state index in [4.69, 9.17) is 18.0 Å². The fourth-order valence-corrected chi connectivity index (χ4v) is 6.25. The number of sulfonamides is 1. The maximum Gasteiger partial charge on any atom is 0.279 e. The average molecular weight is 560 g/mol. The Morgan fingerprint density at radius 1 is 1.03 bits per heavy atom. The molecule has 0 saturated heterocycles. The third-order valence-electron chi connectivity index (χ3n) is 5.04. The highest BCUT2D eigenvalue weighted by atomic mass is 35.5. The van der Waals surface area contributed by atoms with Crippen molar-refractivity contribution in [3.8, 4) is 12.3 Å². The van der Waals surface area contributed by atoms with E-state index >= 15 is 0 Å². The van der Waals surface area contributed by atoms with Gasteiger partial charge in [-0.1, -0.05) is 28.9 Å². The van der Waals surface area contributed by atoms with Crippen LogP contribution in [-0.2, 0) is 26.4 Å². The Hall–Kier alpha value is -3.43. The Labute approximate surface area is 216 Å². The maximum atomic E-state index is 12.9. The van der Waals surface area contributed by atoms with Crippen LogP contribution in [0.15, 0.2) is 81.5 Å². The third kappa shape index (κ3) is 5.52. The lowest BCUT2D eigenvalue weighted by atomic mass is 10.2. The van der Waals surface area contributed by atoms with E-state index < -0.39 is 25.8 Å². The number of rotatable bonds is 6. The van der Waals surface area contributed by atoms with Crippen LogP contribution in [0.4, 0.5) is 5.69 Å². The Bertz CT molecular complexity index is 1800. The van der Waals surface area contributed by atoms with E-state index in [1.54, 1.807) is 10.6 Å². The number of nitrogens with zero attached hydrogens (tertiary/aromatic N) is 2. The number of hydrogen-bond acceptors (Lipinski definition) is 6. The van der Waals surface area contributed by atoms with E-state index in [0.29, 0.717) is 20.0 Å². The molecule has 1 aromatic heterocycles. The van der Waals surface area contributed by atoms with Crippen LogP contribution < -0.4 is 9.52 Å². The summed E-state index contributed by atoms with van der Waals surface area (Å²) in [5, 5.41) is 0.415. The molecular formula is C24H18ClN3O5S3. The molecule has 12 heteroatoms. The van der Waals surface area contributed by atoms with Crippen LogP contribution in [-0.4, -0.2) is 33.6 Å². The van der Waals surface area contributed by atoms with Crippen molar-refractivity contribution in [1.29, 1.82) is 0 Å². The first-order chi connectivity index (χ1) is 17.0. The van der Waals surface area contributed by atoms with Crippen molar-refractivity contribution in [2.75, 3.05) is 11.0 Å². The van der Waals surface area contributed by atoms with Crippen LogP contribution in [0.3, 0.4) is 0 Å². The highest BCUT2D eigenvalue weighted by molar-refractivity contribution is 7.92. The normalized spacial score (nSPS) is 12.4. The molecule has 0 bridgehead atoms. The molecule has 1 amide bonds. The van der Waals surface area contributed by atoms with Gasteiger partial charge in [-0.15, -0.1) is 6.42 Å². The fourth-order valence-electron chi connectivity index (χ4n) is 3.27. The molecule has 8 nitrogen and oxygen atoms in total. The van der Waals surface area contributed by atoms with Crippen molar-refractivity contribution in [1.82, 2.24) is 4.57 Å². The van der Waals surface area contributed by atoms with Crippen LogP contribution in [0.1, 0.15) is 10.4 Å². The van der Waals surface area contributed by atoms with Crippen LogP contribution in [0.25, 0.3) is 10.2 Å². The largest absolute Gasteiger partial charge is 0.305 e. The first kappa shape index (κ1) is 25.7. The molecule has 0 saturated carbocycles. The molecule has 0 unspecified atom stereocenters. The number of terminal acetylenes is 1. The zero-order valence-electron chi connectivity index (χ0n) is 18.7. The van der Waals surface area contributed by atoms with Gasteiger partial charge < -0.3 is 4.57 Å². The van der Waals surface area contributed by atoms with Crippen LogP contribution in [0.5, 0.6) is 0 Å². The maximum absolute atomic E-state index is 12.9. The minimum Gasteiger partial charge on any atom is -0.305 e. The number of sulfone groups is 1. The number of hydrogen-bond donors (Lipinski definition) is 1. The molecule has 184 valence electrons. The van der Waals surface area contributed by atoms with Gasteiger partial charge in [0.15, 0.2) is 14.6 Å². The second-order valence-corrected chi connectivity index (χ2v) is 12.8. The van der Waals surface area contributed by atoms with E-state index in [-0.39, 0.29) is 27.6 Å². The van der Waals surface area contributed by atoms with Crippen molar-refractivity contribution in [3.05, 3.63) is 82.1 Å². The molecule has 0 aliphatic carbocycles. The molecule has 0 radical (unpaired) electrons. The molecule has 1 N–H and O–H groups in total. The quantitative estimate of drug-likeness (QED) is 0.359. The fraction of sp³-hybridized carbons (Fsp3) is 0.0833. The number of thiazole rings is 1. The van der Waals surface area contributed by atoms with Crippen molar-refractivity contribution in [2.24, 2.45) is 4.99 Å². The Kier molecular flexibility index (Phi) is 7.06. The van der Waals surface area contributed by atoms with Crippen molar-refractivity contribution < 1.29 is 21.6 Å². The Morgan fingerprint density at radius 3 is 2.28 bits per heavy atom. The molecule has 0 aliphatic heterocycles. The lowest BCUT2D eigenvalue weighted by Crippen LogP contribution is -2.16. The van der Waals surface area contributed by atoms with E-state index in [1.165, 1.54) is 60.7 Å². The molecule has 36 heavy (non-hydrogen) atoms. The number of halogens is 1.